The van der Waals surface area contributed by atoms with E-state index in [1.54, 1.807) is 17.4 Å². The lowest BCUT2D eigenvalue weighted by Gasteiger charge is -2.13. The first kappa shape index (κ1) is 11.6. The van der Waals surface area contributed by atoms with Crippen LogP contribution in [-0.4, -0.2) is 0 Å². The van der Waals surface area contributed by atoms with Gasteiger partial charge in [0.1, 0.15) is 5.82 Å². The smallest absolute Gasteiger partial charge is 0.125 e. The summed E-state index contributed by atoms with van der Waals surface area (Å²) in [4.78, 5) is 1.22. The van der Waals surface area contributed by atoms with E-state index in [0.717, 1.165) is 9.47 Å². The summed E-state index contributed by atoms with van der Waals surface area (Å²) in [5.74, 6) is -0.218. The SMILES string of the molecule is CC(Nc1cccc(F)c1)c1ccc(Br)s1. The monoisotopic (exact) mass is 299 g/mol. The van der Waals surface area contributed by atoms with E-state index in [4.69, 9.17) is 0 Å². The summed E-state index contributed by atoms with van der Waals surface area (Å²) in [7, 11) is 0. The second-order valence-corrected chi connectivity index (χ2v) is 6.01. The van der Waals surface area contributed by atoms with E-state index in [1.165, 1.54) is 17.0 Å². The summed E-state index contributed by atoms with van der Waals surface area (Å²) in [6.07, 6.45) is 0. The van der Waals surface area contributed by atoms with E-state index in [2.05, 4.69) is 34.2 Å². The van der Waals surface area contributed by atoms with Crippen LogP contribution in [0.2, 0.25) is 0 Å². The molecule has 1 N–H and O–H groups in total. The van der Waals surface area contributed by atoms with Crippen molar-refractivity contribution in [3.8, 4) is 0 Å². The van der Waals surface area contributed by atoms with Gasteiger partial charge in [-0.15, -0.1) is 11.3 Å². The molecule has 84 valence electrons. The van der Waals surface area contributed by atoms with Crippen LogP contribution in [0.3, 0.4) is 0 Å². The van der Waals surface area contributed by atoms with E-state index in [-0.39, 0.29) is 11.9 Å². The van der Waals surface area contributed by atoms with Crippen molar-refractivity contribution in [2.75, 3.05) is 5.32 Å². The number of hydrogen-bond acceptors (Lipinski definition) is 2. The molecule has 0 bridgehead atoms. The maximum absolute atomic E-state index is 13.0. The first-order valence-corrected chi connectivity index (χ1v) is 6.53. The van der Waals surface area contributed by atoms with Crippen LogP contribution in [-0.2, 0) is 0 Å². The Labute approximate surface area is 106 Å². The van der Waals surface area contributed by atoms with Crippen LogP contribution in [0.1, 0.15) is 17.8 Å². The van der Waals surface area contributed by atoms with E-state index in [1.807, 2.05) is 12.1 Å². The minimum absolute atomic E-state index is 0.179. The topological polar surface area (TPSA) is 12.0 Å². The van der Waals surface area contributed by atoms with Gasteiger partial charge in [-0.05, 0) is 53.2 Å². The lowest BCUT2D eigenvalue weighted by atomic mass is 10.2. The Morgan fingerprint density at radius 3 is 2.75 bits per heavy atom. The number of anilines is 1. The molecule has 1 nitrogen and oxygen atoms in total. The molecule has 16 heavy (non-hydrogen) atoms. The highest BCUT2D eigenvalue weighted by atomic mass is 79.9. The van der Waals surface area contributed by atoms with E-state index < -0.39 is 0 Å². The summed E-state index contributed by atoms with van der Waals surface area (Å²) < 4.78 is 14.1. The second kappa shape index (κ2) is 4.97. The summed E-state index contributed by atoms with van der Waals surface area (Å²) in [6, 6.07) is 10.8. The zero-order valence-corrected chi connectivity index (χ0v) is 11.1. The van der Waals surface area contributed by atoms with E-state index >= 15 is 0 Å². The van der Waals surface area contributed by atoms with Gasteiger partial charge < -0.3 is 5.32 Å². The standard InChI is InChI=1S/C12H11BrFNS/c1-8(11-5-6-12(13)16-11)15-10-4-2-3-9(14)7-10/h2-8,15H,1H3. The van der Waals surface area contributed by atoms with Crippen molar-refractivity contribution >= 4 is 33.0 Å². The third kappa shape index (κ3) is 2.83. The van der Waals surface area contributed by atoms with E-state index in [9.17, 15) is 4.39 Å². The molecule has 2 rings (SSSR count). The second-order valence-electron chi connectivity index (χ2n) is 3.52. The van der Waals surface area contributed by atoms with Gasteiger partial charge in [0.15, 0.2) is 0 Å². The molecular formula is C12H11BrFNS. The van der Waals surface area contributed by atoms with Gasteiger partial charge in [-0.25, -0.2) is 4.39 Å². The number of nitrogens with one attached hydrogen (secondary N) is 1. The van der Waals surface area contributed by atoms with Crippen molar-refractivity contribution < 1.29 is 4.39 Å². The molecule has 0 saturated carbocycles. The molecule has 0 aliphatic heterocycles. The quantitative estimate of drug-likeness (QED) is 0.856. The van der Waals surface area contributed by atoms with Crippen molar-refractivity contribution in [2.45, 2.75) is 13.0 Å². The molecule has 0 fully saturated rings. The molecular weight excluding hydrogens is 289 g/mol. The molecule has 0 radical (unpaired) electrons. The van der Waals surface area contributed by atoms with Crippen LogP contribution in [0, 0.1) is 5.82 Å². The zero-order chi connectivity index (χ0) is 11.5. The van der Waals surface area contributed by atoms with Gasteiger partial charge in [-0.2, -0.15) is 0 Å². The van der Waals surface area contributed by atoms with Crippen molar-refractivity contribution in [1.29, 1.82) is 0 Å². The number of thiophene rings is 1. The van der Waals surface area contributed by atoms with Gasteiger partial charge >= 0.3 is 0 Å². The molecule has 0 spiro atoms. The van der Waals surface area contributed by atoms with E-state index in [0.29, 0.717) is 0 Å². The molecule has 1 aromatic carbocycles. The van der Waals surface area contributed by atoms with Crippen molar-refractivity contribution in [2.24, 2.45) is 0 Å². The molecule has 0 aliphatic rings. The van der Waals surface area contributed by atoms with Crippen LogP contribution in [0.25, 0.3) is 0 Å². The summed E-state index contributed by atoms with van der Waals surface area (Å²) in [5.41, 5.74) is 0.803. The van der Waals surface area contributed by atoms with Gasteiger partial charge in [0.2, 0.25) is 0 Å². The average molecular weight is 300 g/mol. The Hall–Kier alpha value is -0.870. The molecule has 0 saturated heterocycles. The zero-order valence-electron chi connectivity index (χ0n) is 8.71. The fourth-order valence-corrected chi connectivity index (χ4v) is 2.89. The minimum Gasteiger partial charge on any atom is -0.378 e. The lowest BCUT2D eigenvalue weighted by molar-refractivity contribution is 0.628. The van der Waals surface area contributed by atoms with Gasteiger partial charge in [-0.3, -0.25) is 0 Å². The Bertz CT molecular complexity index is 483. The number of benzene rings is 1. The fraction of sp³-hybridized carbons (Fsp3) is 0.167. The highest BCUT2D eigenvalue weighted by Crippen LogP contribution is 2.29. The minimum atomic E-state index is -0.218. The van der Waals surface area contributed by atoms with Crippen molar-refractivity contribution in [3.05, 3.63) is 50.9 Å². The lowest BCUT2D eigenvalue weighted by Crippen LogP contribution is -2.04. The number of halogens is 2. The van der Waals surface area contributed by atoms with Crippen LogP contribution >= 0.6 is 27.3 Å². The predicted octanol–water partition coefficient (Wildman–Crippen LogP) is 4.82. The molecule has 2 aromatic rings. The first-order chi connectivity index (χ1) is 7.65. The molecule has 1 unspecified atom stereocenters. The van der Waals surface area contributed by atoms with Crippen LogP contribution in [0.15, 0.2) is 40.2 Å². The first-order valence-electron chi connectivity index (χ1n) is 4.92. The molecule has 1 heterocycles. The highest BCUT2D eigenvalue weighted by Gasteiger charge is 2.07. The summed E-state index contributed by atoms with van der Waals surface area (Å²) >= 11 is 5.11. The number of hydrogen-bond donors (Lipinski definition) is 1. The van der Waals surface area contributed by atoms with Crippen LogP contribution in [0.5, 0.6) is 0 Å². The Balaban J connectivity index is 2.10. The average Bonchev–Trinajstić information content (AvgIpc) is 2.65. The third-order valence-corrected chi connectivity index (χ3v) is 4.03. The summed E-state index contributed by atoms with van der Waals surface area (Å²) in [6.45, 7) is 2.06. The van der Waals surface area contributed by atoms with Gasteiger partial charge in [0.25, 0.3) is 0 Å². The maximum Gasteiger partial charge on any atom is 0.125 e. The number of rotatable bonds is 3. The summed E-state index contributed by atoms with van der Waals surface area (Å²) in [5, 5.41) is 3.26. The maximum atomic E-state index is 13.0. The van der Waals surface area contributed by atoms with Crippen LogP contribution in [0.4, 0.5) is 10.1 Å². The predicted molar refractivity (Wildman–Crippen MR) is 70.5 cm³/mol. The van der Waals surface area contributed by atoms with Crippen molar-refractivity contribution in [1.82, 2.24) is 0 Å². The van der Waals surface area contributed by atoms with Gasteiger partial charge in [-0.1, -0.05) is 6.07 Å². The van der Waals surface area contributed by atoms with Crippen molar-refractivity contribution in [3.63, 3.8) is 0 Å². The Morgan fingerprint density at radius 1 is 1.31 bits per heavy atom. The Morgan fingerprint density at radius 2 is 2.12 bits per heavy atom. The third-order valence-electron chi connectivity index (χ3n) is 2.23. The normalized spacial score (nSPS) is 12.4. The molecule has 1 atom stereocenters. The fourth-order valence-electron chi connectivity index (χ4n) is 1.46. The molecule has 0 aliphatic carbocycles. The molecule has 4 heteroatoms. The highest BCUT2D eigenvalue weighted by molar-refractivity contribution is 9.11. The molecule has 0 amide bonds. The van der Waals surface area contributed by atoms with Gasteiger partial charge in [0, 0.05) is 10.6 Å². The largest absolute Gasteiger partial charge is 0.378 e. The van der Waals surface area contributed by atoms with Crippen LogP contribution < -0.4 is 5.32 Å². The Kier molecular flexibility index (Phi) is 3.61. The molecule has 1 aromatic heterocycles. The van der Waals surface area contributed by atoms with Gasteiger partial charge in [0.05, 0.1) is 9.83 Å².